The summed E-state index contributed by atoms with van der Waals surface area (Å²) in [5.74, 6) is -0.927. The number of imide groups is 1. The normalized spacial score (nSPS) is 14.1. The zero-order chi connectivity index (χ0) is 19.6. The largest absolute Gasteiger partial charge is 0.329 e. The second-order valence-electron chi connectivity index (χ2n) is 6.31. The molecule has 1 aliphatic rings. The van der Waals surface area contributed by atoms with Gasteiger partial charge in [0.1, 0.15) is 0 Å². The second-order valence-corrected chi connectivity index (χ2v) is 8.24. The van der Waals surface area contributed by atoms with Crippen molar-refractivity contribution in [3.63, 3.8) is 0 Å². The molecule has 27 heavy (non-hydrogen) atoms. The van der Waals surface area contributed by atoms with Crippen molar-refractivity contribution in [1.29, 1.82) is 0 Å². The minimum absolute atomic E-state index is 0.0146. The summed E-state index contributed by atoms with van der Waals surface area (Å²) in [6.07, 6.45) is 0.547. The van der Waals surface area contributed by atoms with Crippen LogP contribution in [0.15, 0.2) is 53.4 Å². The van der Waals surface area contributed by atoms with Crippen LogP contribution in [0.3, 0.4) is 0 Å². The number of rotatable bonds is 7. The predicted octanol–water partition coefficient (Wildman–Crippen LogP) is 1.10. The van der Waals surface area contributed by atoms with E-state index in [1.54, 1.807) is 0 Å². The first-order chi connectivity index (χ1) is 12.9. The lowest BCUT2D eigenvalue weighted by atomic mass is 10.1. The summed E-state index contributed by atoms with van der Waals surface area (Å²) in [4.78, 5) is 25.1. The molecule has 0 radical (unpaired) electrons. The van der Waals surface area contributed by atoms with E-state index in [4.69, 9.17) is 5.73 Å². The average molecular weight is 387 g/mol. The van der Waals surface area contributed by atoms with Gasteiger partial charge < -0.3 is 5.73 Å². The van der Waals surface area contributed by atoms with Crippen LogP contribution in [0.5, 0.6) is 0 Å². The number of carbonyl (C=O) groups is 2. The minimum atomic E-state index is -3.84. The molecule has 2 aromatic rings. The van der Waals surface area contributed by atoms with E-state index in [0.717, 1.165) is 10.5 Å². The molecule has 142 valence electrons. The summed E-state index contributed by atoms with van der Waals surface area (Å²) in [6, 6.07) is 13.6. The SMILES string of the molecule is CN1C(=O)c2ccc(S(=O)(=O)N(CCN)CCc3ccccc3)cc2C1=O. The molecule has 0 unspecified atom stereocenters. The number of hydrogen-bond donors (Lipinski definition) is 1. The van der Waals surface area contributed by atoms with Gasteiger partial charge in [0, 0.05) is 26.7 Å². The lowest BCUT2D eigenvalue weighted by molar-refractivity contribution is 0.0693. The van der Waals surface area contributed by atoms with E-state index in [2.05, 4.69) is 0 Å². The maximum Gasteiger partial charge on any atom is 0.261 e. The number of hydrogen-bond acceptors (Lipinski definition) is 5. The van der Waals surface area contributed by atoms with Gasteiger partial charge in [-0.15, -0.1) is 0 Å². The van der Waals surface area contributed by atoms with Crippen LogP contribution < -0.4 is 5.73 Å². The molecule has 0 saturated heterocycles. The van der Waals surface area contributed by atoms with Gasteiger partial charge >= 0.3 is 0 Å². The molecule has 1 heterocycles. The Bertz CT molecular complexity index is 974. The van der Waals surface area contributed by atoms with E-state index in [9.17, 15) is 18.0 Å². The third-order valence-electron chi connectivity index (χ3n) is 4.57. The summed E-state index contributed by atoms with van der Waals surface area (Å²) < 4.78 is 27.5. The zero-order valence-electron chi connectivity index (χ0n) is 15.0. The van der Waals surface area contributed by atoms with Crippen molar-refractivity contribution in [2.45, 2.75) is 11.3 Å². The molecule has 0 spiro atoms. The monoisotopic (exact) mass is 387 g/mol. The molecule has 0 fully saturated rings. The van der Waals surface area contributed by atoms with Crippen LogP contribution in [0.2, 0.25) is 0 Å². The molecular weight excluding hydrogens is 366 g/mol. The Kier molecular flexibility index (Phi) is 5.41. The molecule has 0 bridgehead atoms. The fraction of sp³-hybridized carbons (Fsp3) is 0.263. The number of carbonyl (C=O) groups excluding carboxylic acids is 2. The lowest BCUT2D eigenvalue weighted by Gasteiger charge is -2.22. The topological polar surface area (TPSA) is 101 Å². The Hall–Kier alpha value is -2.55. The maximum absolute atomic E-state index is 13.1. The van der Waals surface area contributed by atoms with Crippen LogP contribution >= 0.6 is 0 Å². The van der Waals surface area contributed by atoms with Crippen LogP contribution in [0.25, 0.3) is 0 Å². The van der Waals surface area contributed by atoms with E-state index >= 15 is 0 Å². The highest BCUT2D eigenvalue weighted by Gasteiger charge is 2.34. The van der Waals surface area contributed by atoms with Gasteiger partial charge in [-0.05, 0) is 30.2 Å². The first kappa shape index (κ1) is 19.2. The maximum atomic E-state index is 13.1. The van der Waals surface area contributed by atoms with E-state index in [1.807, 2.05) is 30.3 Å². The Morgan fingerprint density at radius 1 is 0.963 bits per heavy atom. The van der Waals surface area contributed by atoms with Crippen molar-refractivity contribution >= 4 is 21.8 Å². The highest BCUT2D eigenvalue weighted by atomic mass is 32.2. The Balaban J connectivity index is 1.89. The van der Waals surface area contributed by atoms with Crippen molar-refractivity contribution in [3.05, 3.63) is 65.2 Å². The number of nitrogens with zero attached hydrogens (tertiary/aromatic N) is 2. The Morgan fingerprint density at radius 3 is 2.30 bits per heavy atom. The number of nitrogens with two attached hydrogens (primary N) is 1. The van der Waals surface area contributed by atoms with Crippen molar-refractivity contribution < 1.29 is 18.0 Å². The van der Waals surface area contributed by atoms with E-state index < -0.39 is 21.8 Å². The molecule has 0 saturated carbocycles. The van der Waals surface area contributed by atoms with Crippen LogP contribution in [0.4, 0.5) is 0 Å². The van der Waals surface area contributed by atoms with Gasteiger partial charge in [-0.2, -0.15) is 4.31 Å². The van der Waals surface area contributed by atoms with Crippen LogP contribution in [-0.4, -0.2) is 56.1 Å². The molecule has 3 rings (SSSR count). The van der Waals surface area contributed by atoms with Gasteiger partial charge in [0.25, 0.3) is 11.8 Å². The van der Waals surface area contributed by atoms with E-state index in [0.29, 0.717) is 6.42 Å². The van der Waals surface area contributed by atoms with Crippen molar-refractivity contribution in [3.8, 4) is 0 Å². The van der Waals surface area contributed by atoms with E-state index in [1.165, 1.54) is 29.6 Å². The van der Waals surface area contributed by atoms with Crippen molar-refractivity contribution in [2.75, 3.05) is 26.7 Å². The van der Waals surface area contributed by atoms with Gasteiger partial charge in [0.2, 0.25) is 10.0 Å². The standard InChI is InChI=1S/C19H21N3O4S/c1-21-18(23)16-8-7-15(13-17(16)19(21)24)27(25,26)22(12-10-20)11-9-14-5-3-2-4-6-14/h2-8,13H,9-12,20H2,1H3. The molecule has 2 amide bonds. The molecule has 7 nitrogen and oxygen atoms in total. The van der Waals surface area contributed by atoms with Gasteiger partial charge in [-0.1, -0.05) is 30.3 Å². The molecule has 0 aliphatic carbocycles. The summed E-state index contributed by atoms with van der Waals surface area (Å²) in [5.41, 5.74) is 6.96. The third-order valence-corrected chi connectivity index (χ3v) is 6.46. The summed E-state index contributed by atoms with van der Waals surface area (Å²) in [7, 11) is -2.47. The fourth-order valence-corrected chi connectivity index (χ4v) is 4.53. The quantitative estimate of drug-likeness (QED) is 0.717. The summed E-state index contributed by atoms with van der Waals surface area (Å²) in [5, 5.41) is 0. The van der Waals surface area contributed by atoms with Crippen LogP contribution in [-0.2, 0) is 16.4 Å². The molecular formula is C19H21N3O4S. The minimum Gasteiger partial charge on any atom is -0.329 e. The number of benzene rings is 2. The third kappa shape index (κ3) is 3.64. The molecule has 2 aromatic carbocycles. The van der Waals surface area contributed by atoms with Gasteiger partial charge in [-0.3, -0.25) is 14.5 Å². The molecule has 0 atom stereocenters. The first-order valence-electron chi connectivity index (χ1n) is 8.57. The molecule has 0 aromatic heterocycles. The predicted molar refractivity (Wildman–Crippen MR) is 101 cm³/mol. The van der Waals surface area contributed by atoms with Crippen LogP contribution in [0.1, 0.15) is 26.3 Å². The molecule has 2 N–H and O–H groups in total. The second kappa shape index (κ2) is 7.59. The highest BCUT2D eigenvalue weighted by molar-refractivity contribution is 7.89. The van der Waals surface area contributed by atoms with Crippen LogP contribution in [0, 0.1) is 0 Å². The van der Waals surface area contributed by atoms with Crippen molar-refractivity contribution in [2.24, 2.45) is 5.73 Å². The molecule has 8 heteroatoms. The Labute approximate surface area is 158 Å². The first-order valence-corrected chi connectivity index (χ1v) is 10.0. The van der Waals surface area contributed by atoms with Gasteiger partial charge in [-0.25, -0.2) is 8.42 Å². The van der Waals surface area contributed by atoms with Gasteiger partial charge in [0.15, 0.2) is 0 Å². The number of amides is 2. The fourth-order valence-electron chi connectivity index (χ4n) is 3.04. The van der Waals surface area contributed by atoms with E-state index in [-0.39, 0.29) is 35.7 Å². The summed E-state index contributed by atoms with van der Waals surface area (Å²) in [6.45, 7) is 0.617. The molecule has 1 aliphatic heterocycles. The zero-order valence-corrected chi connectivity index (χ0v) is 15.8. The smallest absolute Gasteiger partial charge is 0.261 e. The summed E-state index contributed by atoms with van der Waals surface area (Å²) >= 11 is 0. The lowest BCUT2D eigenvalue weighted by Crippen LogP contribution is -2.37. The highest BCUT2D eigenvalue weighted by Crippen LogP contribution is 2.26. The van der Waals surface area contributed by atoms with Gasteiger partial charge in [0.05, 0.1) is 16.0 Å². The number of fused-ring (bicyclic) bond motifs is 1. The Morgan fingerprint density at radius 2 is 1.63 bits per heavy atom. The number of sulfonamides is 1. The average Bonchev–Trinajstić information content (AvgIpc) is 2.89. The van der Waals surface area contributed by atoms with Crippen molar-refractivity contribution in [1.82, 2.24) is 9.21 Å².